The summed E-state index contributed by atoms with van der Waals surface area (Å²) in [6, 6.07) is 65.6. The van der Waals surface area contributed by atoms with E-state index in [0.717, 1.165) is 78.0 Å². The Morgan fingerprint density at radius 3 is 1.65 bits per heavy atom. The molecule has 14 rings (SSSR count). The molecule has 0 radical (unpaired) electrons. The number of fused-ring (bicyclic) bond motifs is 19. The molecule has 13 aromatic rings. The first kappa shape index (κ1) is 34.9. The first-order valence-corrected chi connectivity index (χ1v) is 20.1. The van der Waals surface area contributed by atoms with E-state index in [2.05, 4.69) is 140 Å². The number of imidazole rings is 4. The fraction of sp³-hybridized carbons (Fsp3) is 0. The second kappa shape index (κ2) is 13.1. The SMILES string of the molecule is [Pt].[c-]1c(Oc2[c-]c3c(cc2)nc2n3c3nc4ccccc4n3c3nc4ccccc4n23)cccc1-n1[c-][n+]2c3c(cccc31)-c1ccccc1-c1ccccc1-c1ccccc1-2. The van der Waals surface area contributed by atoms with Crippen LogP contribution in [0.2, 0.25) is 0 Å². The summed E-state index contributed by atoms with van der Waals surface area (Å²) in [5, 5.41) is 0. The summed E-state index contributed by atoms with van der Waals surface area (Å²) < 4.78 is 17.1. The van der Waals surface area contributed by atoms with Gasteiger partial charge in [-0.2, -0.15) is 12.1 Å². The van der Waals surface area contributed by atoms with Crippen molar-refractivity contribution in [2.24, 2.45) is 0 Å². The molecule has 62 heavy (non-hydrogen) atoms. The molecule has 0 spiro atoms. The van der Waals surface area contributed by atoms with Crippen molar-refractivity contribution in [1.82, 2.24) is 32.7 Å². The van der Waals surface area contributed by atoms with Crippen molar-refractivity contribution in [3.63, 3.8) is 0 Å². The summed E-state index contributed by atoms with van der Waals surface area (Å²) in [5.41, 5.74) is 16.0. The summed E-state index contributed by atoms with van der Waals surface area (Å²) in [6.45, 7) is 0. The van der Waals surface area contributed by atoms with Gasteiger partial charge in [-0.3, -0.25) is 14.0 Å². The number of hydrogen-bond acceptors (Lipinski definition) is 4. The van der Waals surface area contributed by atoms with Crippen LogP contribution < -0.4 is 9.30 Å². The zero-order chi connectivity index (χ0) is 39.8. The molecule has 0 saturated carbocycles. The van der Waals surface area contributed by atoms with Gasteiger partial charge in [-0.05, 0) is 80.4 Å². The third kappa shape index (κ3) is 4.82. The summed E-state index contributed by atoms with van der Waals surface area (Å²) in [6.07, 6.45) is 3.76. The third-order valence-electron chi connectivity index (χ3n) is 12.0. The Morgan fingerprint density at radius 1 is 0.419 bits per heavy atom. The predicted molar refractivity (Wildman–Crippen MR) is 236 cm³/mol. The first-order valence-electron chi connectivity index (χ1n) is 20.1. The standard InChI is InChI=1S/C52H28N8O.Pt/c1-3-17-37-35(15-1)36-16-2-4-18-38(36)40-20-12-26-47-49(40)57(44-23-8-5-19-39(37)44)31-56(47)32-13-11-14-33(29-32)61-34-27-28-43-48(30-34)60-51-54-42-22-7-10-25-46(42)58(51)50-53-41-21-6-9-24-45(41)59(50)52(60)55-43;/h1-28H;/q-2;. The van der Waals surface area contributed by atoms with Crippen LogP contribution in [0.5, 0.6) is 11.5 Å². The molecular weight excluding hydrogens is 948 g/mol. The second-order valence-corrected chi connectivity index (χ2v) is 15.3. The van der Waals surface area contributed by atoms with Crippen LogP contribution in [0.25, 0.3) is 106 Å². The van der Waals surface area contributed by atoms with E-state index in [1.807, 2.05) is 71.1 Å². The first-order chi connectivity index (χ1) is 30.2. The molecule has 10 heteroatoms. The Hall–Kier alpha value is -7.87. The summed E-state index contributed by atoms with van der Waals surface area (Å²) >= 11 is 0. The molecule has 0 fully saturated rings. The zero-order valence-corrected chi connectivity index (χ0v) is 34.7. The average molecular weight is 976 g/mol. The molecule has 0 bridgehead atoms. The van der Waals surface area contributed by atoms with Crippen LogP contribution in [0.15, 0.2) is 170 Å². The van der Waals surface area contributed by atoms with E-state index in [1.165, 1.54) is 16.7 Å². The number of para-hydroxylation sites is 6. The monoisotopic (exact) mass is 975 g/mol. The van der Waals surface area contributed by atoms with Crippen molar-refractivity contribution in [2.45, 2.75) is 0 Å². The van der Waals surface area contributed by atoms with E-state index in [9.17, 15) is 0 Å². The zero-order valence-electron chi connectivity index (χ0n) is 32.5. The van der Waals surface area contributed by atoms with Gasteiger partial charge in [0.2, 0.25) is 17.3 Å². The van der Waals surface area contributed by atoms with E-state index in [0.29, 0.717) is 23.1 Å². The maximum atomic E-state index is 6.63. The van der Waals surface area contributed by atoms with Crippen molar-refractivity contribution in [3.8, 4) is 56.3 Å². The molecule has 0 N–H and O–H groups in total. The van der Waals surface area contributed by atoms with Gasteiger partial charge in [-0.15, -0.1) is 30.3 Å². The van der Waals surface area contributed by atoms with Gasteiger partial charge in [0.05, 0.1) is 38.8 Å². The topological polar surface area (TPSA) is 69.9 Å². The second-order valence-electron chi connectivity index (χ2n) is 15.3. The number of hydrogen-bond donors (Lipinski definition) is 0. The van der Waals surface area contributed by atoms with E-state index < -0.39 is 0 Å². The molecule has 1 aliphatic heterocycles. The van der Waals surface area contributed by atoms with Crippen molar-refractivity contribution >= 4 is 61.5 Å². The third-order valence-corrected chi connectivity index (χ3v) is 12.0. The molecule has 0 saturated heterocycles. The number of benzene rings is 8. The molecule has 0 aliphatic carbocycles. The van der Waals surface area contributed by atoms with Crippen molar-refractivity contribution < 1.29 is 30.4 Å². The van der Waals surface area contributed by atoms with E-state index >= 15 is 0 Å². The summed E-state index contributed by atoms with van der Waals surface area (Å²) in [4.78, 5) is 15.3. The van der Waals surface area contributed by atoms with E-state index in [-0.39, 0.29) is 21.1 Å². The van der Waals surface area contributed by atoms with Crippen molar-refractivity contribution in [2.75, 3.05) is 0 Å². The Bertz CT molecular complexity index is 3970. The molecule has 8 aromatic carbocycles. The number of ether oxygens (including phenoxy) is 1. The molecule has 294 valence electrons. The molecule has 0 amide bonds. The molecule has 1 aliphatic rings. The minimum Gasteiger partial charge on any atom is -0.510 e. The maximum absolute atomic E-state index is 6.63. The van der Waals surface area contributed by atoms with Gasteiger partial charge >= 0.3 is 0 Å². The van der Waals surface area contributed by atoms with Gasteiger partial charge in [-0.1, -0.05) is 109 Å². The van der Waals surface area contributed by atoms with Crippen LogP contribution in [0.3, 0.4) is 0 Å². The van der Waals surface area contributed by atoms with E-state index in [1.54, 1.807) is 0 Å². The molecule has 0 atom stereocenters. The summed E-state index contributed by atoms with van der Waals surface area (Å²) in [7, 11) is 0. The quantitative estimate of drug-likeness (QED) is 0.131. The fourth-order valence-electron chi connectivity index (χ4n) is 9.37. The van der Waals surface area contributed by atoms with Gasteiger partial charge in [-0.25, -0.2) is 18.8 Å². The van der Waals surface area contributed by atoms with Gasteiger partial charge in [0, 0.05) is 32.6 Å². The van der Waals surface area contributed by atoms with Crippen LogP contribution in [-0.2, 0) is 21.1 Å². The van der Waals surface area contributed by atoms with Crippen molar-refractivity contribution in [3.05, 3.63) is 188 Å². The van der Waals surface area contributed by atoms with E-state index in [4.69, 9.17) is 19.7 Å². The smallest absolute Gasteiger partial charge is 0.268 e. The Kier molecular flexibility index (Phi) is 7.36. The van der Waals surface area contributed by atoms with Gasteiger partial charge < -0.3 is 9.30 Å². The Morgan fingerprint density at radius 2 is 0.935 bits per heavy atom. The number of rotatable bonds is 3. The van der Waals surface area contributed by atoms with Crippen LogP contribution >= 0.6 is 0 Å². The molecule has 6 heterocycles. The maximum Gasteiger partial charge on any atom is 0.268 e. The van der Waals surface area contributed by atoms with Crippen LogP contribution in [0.1, 0.15) is 0 Å². The number of aromatic nitrogens is 8. The number of nitrogens with zero attached hydrogens (tertiary/aromatic N) is 8. The molecule has 9 nitrogen and oxygen atoms in total. The normalized spacial score (nSPS) is 12.1. The van der Waals surface area contributed by atoms with Crippen LogP contribution in [0, 0.1) is 18.5 Å². The summed E-state index contributed by atoms with van der Waals surface area (Å²) in [5.74, 6) is 3.20. The molecular formula is C52H28N8OPt-2. The van der Waals surface area contributed by atoms with Gasteiger partial charge in [0.15, 0.2) is 0 Å². The van der Waals surface area contributed by atoms with Gasteiger partial charge in [0.25, 0.3) is 6.33 Å². The largest absolute Gasteiger partial charge is 0.510 e. The predicted octanol–water partition coefficient (Wildman–Crippen LogP) is 10.8. The Labute approximate surface area is 367 Å². The Balaban J connectivity index is 0.00000391. The van der Waals surface area contributed by atoms with Crippen LogP contribution in [-0.4, -0.2) is 32.7 Å². The molecule has 0 unspecified atom stereocenters. The van der Waals surface area contributed by atoms with Gasteiger partial charge in [0.1, 0.15) is 0 Å². The minimum atomic E-state index is 0. The molecule has 5 aromatic heterocycles. The fourth-order valence-corrected chi connectivity index (χ4v) is 9.37. The van der Waals surface area contributed by atoms with Crippen LogP contribution in [0.4, 0.5) is 0 Å². The average Bonchev–Trinajstić information content (AvgIpc) is 4.09. The minimum absolute atomic E-state index is 0. The van der Waals surface area contributed by atoms with Crippen molar-refractivity contribution in [1.29, 1.82) is 0 Å².